The first-order valence-electron chi connectivity index (χ1n) is 6.40. The molecule has 0 radical (unpaired) electrons. The molecule has 0 aromatic heterocycles. The molecule has 3 nitrogen and oxygen atoms in total. The van der Waals surface area contributed by atoms with Gasteiger partial charge in [-0.15, -0.1) is 0 Å². The van der Waals surface area contributed by atoms with Crippen molar-refractivity contribution in [1.82, 2.24) is 0 Å². The van der Waals surface area contributed by atoms with Crippen LogP contribution in [0.15, 0.2) is 0 Å². The van der Waals surface area contributed by atoms with Crippen LogP contribution in [-0.4, -0.2) is 24.8 Å². The van der Waals surface area contributed by atoms with E-state index in [1.807, 2.05) is 27.7 Å². The monoisotopic (exact) mass is 228 g/mol. The standard InChI is InChI=1S/C13H24O3/c1-5-13(4,6-2)12(14)16-11-9-8-10(11)15-7-3/h10-11H,5-9H2,1-4H3. The number of esters is 1. The Hall–Kier alpha value is -0.570. The van der Waals surface area contributed by atoms with Crippen LogP contribution < -0.4 is 0 Å². The Balaban J connectivity index is 2.45. The second-order valence-corrected chi connectivity index (χ2v) is 4.78. The van der Waals surface area contributed by atoms with Crippen molar-refractivity contribution in [3.63, 3.8) is 0 Å². The van der Waals surface area contributed by atoms with Gasteiger partial charge in [0.25, 0.3) is 0 Å². The van der Waals surface area contributed by atoms with Gasteiger partial charge in [-0.3, -0.25) is 4.79 Å². The predicted molar refractivity (Wildman–Crippen MR) is 63.2 cm³/mol. The molecule has 1 rings (SSSR count). The molecule has 1 saturated carbocycles. The fraction of sp³-hybridized carbons (Fsp3) is 0.923. The summed E-state index contributed by atoms with van der Waals surface area (Å²) in [6.07, 6.45) is 3.74. The molecule has 0 aromatic rings. The van der Waals surface area contributed by atoms with Gasteiger partial charge >= 0.3 is 5.97 Å². The van der Waals surface area contributed by atoms with Crippen LogP contribution >= 0.6 is 0 Å². The van der Waals surface area contributed by atoms with Gasteiger partial charge in [-0.2, -0.15) is 0 Å². The van der Waals surface area contributed by atoms with E-state index in [0.717, 1.165) is 25.7 Å². The SMILES string of the molecule is CCOC1CCC1OC(=O)C(C)(CC)CC. The third-order valence-electron chi connectivity index (χ3n) is 3.84. The maximum absolute atomic E-state index is 12.0. The molecule has 0 saturated heterocycles. The minimum Gasteiger partial charge on any atom is -0.459 e. The summed E-state index contributed by atoms with van der Waals surface area (Å²) in [5.74, 6) is -0.0631. The summed E-state index contributed by atoms with van der Waals surface area (Å²) in [5, 5.41) is 0. The summed E-state index contributed by atoms with van der Waals surface area (Å²) < 4.78 is 11.0. The molecule has 0 bridgehead atoms. The summed E-state index contributed by atoms with van der Waals surface area (Å²) in [4.78, 5) is 12.0. The molecule has 0 amide bonds. The second-order valence-electron chi connectivity index (χ2n) is 4.78. The lowest BCUT2D eigenvalue weighted by Crippen LogP contribution is -2.45. The highest BCUT2D eigenvalue weighted by Crippen LogP contribution is 2.32. The maximum atomic E-state index is 12.0. The van der Waals surface area contributed by atoms with E-state index in [-0.39, 0.29) is 23.6 Å². The van der Waals surface area contributed by atoms with Crippen molar-refractivity contribution in [2.45, 2.75) is 65.6 Å². The molecule has 0 heterocycles. The third kappa shape index (κ3) is 2.76. The van der Waals surface area contributed by atoms with E-state index in [1.165, 1.54) is 0 Å². The lowest BCUT2D eigenvalue weighted by atomic mass is 9.84. The molecule has 0 N–H and O–H groups in total. The van der Waals surface area contributed by atoms with E-state index in [9.17, 15) is 4.79 Å². The molecule has 1 fully saturated rings. The van der Waals surface area contributed by atoms with Crippen LogP contribution in [0.2, 0.25) is 0 Å². The Labute approximate surface area is 98.5 Å². The highest BCUT2D eigenvalue weighted by molar-refractivity contribution is 5.76. The molecule has 0 aliphatic heterocycles. The Morgan fingerprint density at radius 2 is 1.75 bits per heavy atom. The van der Waals surface area contributed by atoms with Gasteiger partial charge in [0.1, 0.15) is 6.10 Å². The summed E-state index contributed by atoms with van der Waals surface area (Å²) in [6, 6.07) is 0. The molecule has 2 unspecified atom stereocenters. The first kappa shape index (κ1) is 13.5. The van der Waals surface area contributed by atoms with Crippen molar-refractivity contribution in [2.24, 2.45) is 5.41 Å². The Bertz CT molecular complexity index is 233. The van der Waals surface area contributed by atoms with E-state index in [4.69, 9.17) is 9.47 Å². The molecule has 2 atom stereocenters. The van der Waals surface area contributed by atoms with Crippen molar-refractivity contribution < 1.29 is 14.3 Å². The number of hydrogen-bond donors (Lipinski definition) is 0. The fourth-order valence-electron chi connectivity index (χ4n) is 1.80. The Morgan fingerprint density at radius 3 is 2.12 bits per heavy atom. The number of rotatable bonds is 6. The van der Waals surface area contributed by atoms with Gasteiger partial charge in [-0.1, -0.05) is 13.8 Å². The van der Waals surface area contributed by atoms with Crippen molar-refractivity contribution >= 4 is 5.97 Å². The van der Waals surface area contributed by atoms with Crippen LogP contribution in [0.1, 0.15) is 53.4 Å². The molecule has 0 spiro atoms. The first-order chi connectivity index (χ1) is 7.57. The molecular formula is C13H24O3. The molecule has 0 aromatic carbocycles. The quantitative estimate of drug-likeness (QED) is 0.656. The fourth-order valence-corrected chi connectivity index (χ4v) is 1.80. The molecule has 1 aliphatic rings. The number of hydrogen-bond acceptors (Lipinski definition) is 3. The summed E-state index contributed by atoms with van der Waals surface area (Å²) in [5.41, 5.74) is -0.327. The minimum atomic E-state index is -0.327. The van der Waals surface area contributed by atoms with Crippen molar-refractivity contribution in [3.05, 3.63) is 0 Å². The normalized spacial score (nSPS) is 25.0. The summed E-state index contributed by atoms with van der Waals surface area (Å²) in [6.45, 7) is 8.71. The topological polar surface area (TPSA) is 35.5 Å². The van der Waals surface area contributed by atoms with Crippen LogP contribution in [0.25, 0.3) is 0 Å². The average molecular weight is 228 g/mol. The van der Waals surface area contributed by atoms with E-state index in [0.29, 0.717) is 6.61 Å². The van der Waals surface area contributed by atoms with E-state index in [2.05, 4.69) is 0 Å². The summed E-state index contributed by atoms with van der Waals surface area (Å²) in [7, 11) is 0. The van der Waals surface area contributed by atoms with Crippen molar-refractivity contribution in [3.8, 4) is 0 Å². The van der Waals surface area contributed by atoms with Crippen molar-refractivity contribution in [1.29, 1.82) is 0 Å². The van der Waals surface area contributed by atoms with Crippen molar-refractivity contribution in [2.75, 3.05) is 6.61 Å². The smallest absolute Gasteiger partial charge is 0.312 e. The zero-order valence-electron chi connectivity index (χ0n) is 10.9. The zero-order valence-corrected chi connectivity index (χ0v) is 10.9. The zero-order chi connectivity index (χ0) is 12.2. The lowest BCUT2D eigenvalue weighted by molar-refractivity contribution is -0.181. The summed E-state index contributed by atoms with van der Waals surface area (Å²) >= 11 is 0. The first-order valence-corrected chi connectivity index (χ1v) is 6.40. The second kappa shape index (κ2) is 5.67. The highest BCUT2D eigenvalue weighted by Gasteiger charge is 2.39. The molecule has 1 aliphatic carbocycles. The van der Waals surface area contributed by atoms with E-state index in [1.54, 1.807) is 0 Å². The maximum Gasteiger partial charge on any atom is 0.312 e. The van der Waals surface area contributed by atoms with Gasteiger partial charge in [-0.05, 0) is 39.5 Å². The Kier molecular flexibility index (Phi) is 4.78. The van der Waals surface area contributed by atoms with Crippen LogP contribution in [0.3, 0.4) is 0 Å². The lowest BCUT2D eigenvalue weighted by Gasteiger charge is -2.37. The number of carbonyl (C=O) groups is 1. The molecule has 16 heavy (non-hydrogen) atoms. The van der Waals surface area contributed by atoms with Gasteiger partial charge in [0.05, 0.1) is 11.5 Å². The predicted octanol–water partition coefficient (Wildman–Crippen LogP) is 2.92. The minimum absolute atomic E-state index is 0.00938. The van der Waals surface area contributed by atoms with E-state index >= 15 is 0 Å². The highest BCUT2D eigenvalue weighted by atomic mass is 16.6. The van der Waals surface area contributed by atoms with Gasteiger partial charge in [0.15, 0.2) is 0 Å². The largest absolute Gasteiger partial charge is 0.459 e. The van der Waals surface area contributed by atoms with Gasteiger partial charge in [-0.25, -0.2) is 0 Å². The Morgan fingerprint density at radius 1 is 1.19 bits per heavy atom. The molecule has 94 valence electrons. The van der Waals surface area contributed by atoms with Crippen LogP contribution in [-0.2, 0) is 14.3 Å². The third-order valence-corrected chi connectivity index (χ3v) is 3.84. The van der Waals surface area contributed by atoms with Crippen LogP contribution in [0.4, 0.5) is 0 Å². The average Bonchev–Trinajstić information content (AvgIpc) is 2.30. The van der Waals surface area contributed by atoms with Gasteiger partial charge in [0, 0.05) is 6.61 Å². The van der Waals surface area contributed by atoms with Crippen LogP contribution in [0, 0.1) is 5.41 Å². The molecule has 3 heteroatoms. The number of ether oxygens (including phenoxy) is 2. The van der Waals surface area contributed by atoms with Gasteiger partial charge < -0.3 is 9.47 Å². The van der Waals surface area contributed by atoms with Gasteiger partial charge in [0.2, 0.25) is 0 Å². The van der Waals surface area contributed by atoms with Crippen LogP contribution in [0.5, 0.6) is 0 Å². The van der Waals surface area contributed by atoms with E-state index < -0.39 is 0 Å². The molecular weight excluding hydrogens is 204 g/mol. The number of carbonyl (C=O) groups excluding carboxylic acids is 1.